The number of halogens is 2. The molecule has 8 heteroatoms. The minimum atomic E-state index is -3.64. The maximum Gasteiger partial charge on any atom is 0.243 e. The number of hydrogen-bond acceptors (Lipinski definition) is 4. The molecule has 3 N–H and O–H groups in total. The molecular formula is C13H14Br2N2O2S2. The maximum absolute atomic E-state index is 12.5. The molecule has 0 aliphatic heterocycles. The minimum Gasteiger partial charge on any atom is -0.399 e. The summed E-state index contributed by atoms with van der Waals surface area (Å²) >= 11 is 8.13. The molecule has 114 valence electrons. The van der Waals surface area contributed by atoms with Crippen LogP contribution in [0.5, 0.6) is 0 Å². The lowest BCUT2D eigenvalue weighted by Gasteiger charge is -2.16. The van der Waals surface area contributed by atoms with Crippen molar-refractivity contribution in [2.75, 3.05) is 5.73 Å². The van der Waals surface area contributed by atoms with E-state index < -0.39 is 10.0 Å². The molecule has 0 spiro atoms. The molecule has 0 aliphatic rings. The first kappa shape index (κ1) is 17.0. The van der Waals surface area contributed by atoms with Crippen molar-refractivity contribution in [2.45, 2.75) is 24.3 Å². The summed E-state index contributed by atoms with van der Waals surface area (Å²) < 4.78 is 28.6. The smallest absolute Gasteiger partial charge is 0.243 e. The molecule has 1 aromatic carbocycles. The summed E-state index contributed by atoms with van der Waals surface area (Å²) in [5, 5.41) is 1.98. The van der Waals surface area contributed by atoms with Crippen LogP contribution in [-0.4, -0.2) is 14.5 Å². The molecule has 0 saturated carbocycles. The van der Waals surface area contributed by atoms with Crippen LogP contribution in [0.15, 0.2) is 43.5 Å². The van der Waals surface area contributed by atoms with E-state index in [0.717, 1.165) is 4.88 Å². The highest BCUT2D eigenvalue weighted by molar-refractivity contribution is 9.11. The average molecular weight is 454 g/mol. The summed E-state index contributed by atoms with van der Waals surface area (Å²) in [6.45, 7) is 1.84. The quantitative estimate of drug-likeness (QED) is 0.676. The molecule has 21 heavy (non-hydrogen) atoms. The topological polar surface area (TPSA) is 72.2 Å². The van der Waals surface area contributed by atoms with E-state index in [1.165, 1.54) is 0 Å². The van der Waals surface area contributed by atoms with Gasteiger partial charge in [0.05, 0.1) is 0 Å². The van der Waals surface area contributed by atoms with Gasteiger partial charge in [-0.3, -0.25) is 0 Å². The van der Waals surface area contributed by atoms with E-state index in [4.69, 9.17) is 5.73 Å². The third-order valence-corrected chi connectivity index (χ3v) is 7.10. The van der Waals surface area contributed by atoms with Gasteiger partial charge < -0.3 is 5.73 Å². The lowest BCUT2D eigenvalue weighted by atomic mass is 10.2. The van der Waals surface area contributed by atoms with Crippen molar-refractivity contribution < 1.29 is 8.42 Å². The summed E-state index contributed by atoms with van der Waals surface area (Å²) in [5.41, 5.74) is 6.17. The van der Waals surface area contributed by atoms with Crippen LogP contribution >= 0.6 is 43.2 Å². The summed E-state index contributed by atoms with van der Waals surface area (Å²) in [4.78, 5) is 1.30. The molecule has 2 rings (SSSR count). The first-order valence-electron chi connectivity index (χ1n) is 6.09. The lowest BCUT2D eigenvalue weighted by molar-refractivity contribution is 0.560. The molecule has 1 aromatic heterocycles. The van der Waals surface area contributed by atoms with E-state index in [1.807, 2.05) is 24.4 Å². The van der Waals surface area contributed by atoms with Gasteiger partial charge >= 0.3 is 0 Å². The second-order valence-corrected chi connectivity index (χ2v) is 9.01. The molecule has 0 amide bonds. The summed E-state index contributed by atoms with van der Waals surface area (Å²) in [7, 11) is -3.64. The van der Waals surface area contributed by atoms with E-state index in [2.05, 4.69) is 36.6 Å². The van der Waals surface area contributed by atoms with Crippen molar-refractivity contribution in [3.05, 3.63) is 43.5 Å². The standard InChI is InChI=1S/C13H14Br2N2O2S2/c1-8(5-10-3-2-4-20-10)17-21(18,19)13-11(14)6-9(16)7-12(13)15/h2-4,6-8,17H,5,16H2,1H3. The molecule has 0 bridgehead atoms. The number of nitrogens with one attached hydrogen (secondary N) is 1. The zero-order chi connectivity index (χ0) is 15.6. The number of nitrogens with two attached hydrogens (primary N) is 1. The van der Waals surface area contributed by atoms with Gasteiger partial charge in [0, 0.05) is 25.6 Å². The molecule has 4 nitrogen and oxygen atoms in total. The van der Waals surface area contributed by atoms with E-state index in [0.29, 0.717) is 21.1 Å². The van der Waals surface area contributed by atoms with Crippen LogP contribution in [0.3, 0.4) is 0 Å². The van der Waals surface area contributed by atoms with E-state index in [1.54, 1.807) is 23.5 Å². The zero-order valence-corrected chi connectivity index (χ0v) is 15.9. The number of anilines is 1. The van der Waals surface area contributed by atoms with Crippen LogP contribution < -0.4 is 10.5 Å². The Bertz CT molecular complexity index is 708. The summed E-state index contributed by atoms with van der Waals surface area (Å²) in [5.74, 6) is 0. The third-order valence-electron chi connectivity index (χ3n) is 2.73. The van der Waals surface area contributed by atoms with Crippen molar-refractivity contribution in [1.82, 2.24) is 4.72 Å². The Hall–Kier alpha value is -0.410. The number of thiophene rings is 1. The second-order valence-electron chi connectivity index (χ2n) is 4.62. The van der Waals surface area contributed by atoms with E-state index in [-0.39, 0.29) is 10.9 Å². The van der Waals surface area contributed by atoms with Gasteiger partial charge in [0.15, 0.2) is 0 Å². The van der Waals surface area contributed by atoms with E-state index >= 15 is 0 Å². The fraction of sp³-hybridized carbons (Fsp3) is 0.231. The van der Waals surface area contributed by atoms with Crippen molar-refractivity contribution >= 4 is 58.9 Å². The highest BCUT2D eigenvalue weighted by Gasteiger charge is 2.23. The van der Waals surface area contributed by atoms with Crippen molar-refractivity contribution in [2.24, 2.45) is 0 Å². The van der Waals surface area contributed by atoms with Gasteiger partial charge in [-0.15, -0.1) is 11.3 Å². The molecule has 1 unspecified atom stereocenters. The molecule has 0 saturated heterocycles. The molecule has 1 heterocycles. The number of sulfonamides is 1. The molecule has 0 radical (unpaired) electrons. The zero-order valence-electron chi connectivity index (χ0n) is 11.1. The molecule has 1 atom stereocenters. The monoisotopic (exact) mass is 452 g/mol. The third kappa shape index (κ3) is 4.29. The van der Waals surface area contributed by atoms with E-state index in [9.17, 15) is 8.42 Å². The Labute approximate surface area is 145 Å². The fourth-order valence-electron chi connectivity index (χ4n) is 1.93. The van der Waals surface area contributed by atoms with Crippen LogP contribution in [0.25, 0.3) is 0 Å². The highest BCUT2D eigenvalue weighted by Crippen LogP contribution is 2.32. The fourth-order valence-corrected chi connectivity index (χ4v) is 6.63. The van der Waals surface area contributed by atoms with Crippen LogP contribution in [0, 0.1) is 0 Å². The van der Waals surface area contributed by atoms with Gasteiger partial charge in [0.1, 0.15) is 4.90 Å². The van der Waals surface area contributed by atoms with Gasteiger partial charge in [0.2, 0.25) is 10.0 Å². The summed E-state index contributed by atoms with van der Waals surface area (Å²) in [6, 6.07) is 6.88. The predicted octanol–water partition coefficient (Wildman–Crippen LogP) is 3.76. The number of nitrogen functional groups attached to an aromatic ring is 1. The van der Waals surface area contributed by atoms with Gasteiger partial charge in [-0.25, -0.2) is 13.1 Å². The van der Waals surface area contributed by atoms with Crippen LogP contribution in [0.4, 0.5) is 5.69 Å². The van der Waals surface area contributed by atoms with Gasteiger partial charge in [0.25, 0.3) is 0 Å². The molecule has 0 fully saturated rings. The van der Waals surface area contributed by atoms with Gasteiger partial charge in [-0.05, 0) is 68.8 Å². The predicted molar refractivity (Wildman–Crippen MR) is 94.1 cm³/mol. The van der Waals surface area contributed by atoms with Crippen LogP contribution in [0.1, 0.15) is 11.8 Å². The lowest BCUT2D eigenvalue weighted by Crippen LogP contribution is -2.34. The Morgan fingerprint density at radius 3 is 2.48 bits per heavy atom. The van der Waals surface area contributed by atoms with Gasteiger partial charge in [-0.2, -0.15) is 0 Å². The summed E-state index contributed by atoms with van der Waals surface area (Å²) in [6.07, 6.45) is 0.654. The van der Waals surface area contributed by atoms with Crippen molar-refractivity contribution in [3.8, 4) is 0 Å². The van der Waals surface area contributed by atoms with Crippen LogP contribution in [-0.2, 0) is 16.4 Å². The largest absolute Gasteiger partial charge is 0.399 e. The number of hydrogen-bond donors (Lipinski definition) is 2. The normalized spacial score (nSPS) is 13.3. The number of rotatable bonds is 5. The van der Waals surface area contributed by atoms with Gasteiger partial charge in [-0.1, -0.05) is 6.07 Å². The van der Waals surface area contributed by atoms with Crippen molar-refractivity contribution in [3.63, 3.8) is 0 Å². The first-order chi connectivity index (χ1) is 9.79. The van der Waals surface area contributed by atoms with Crippen molar-refractivity contribution in [1.29, 1.82) is 0 Å². The Balaban J connectivity index is 2.22. The molecular weight excluding hydrogens is 440 g/mol. The minimum absolute atomic E-state index is 0.162. The highest BCUT2D eigenvalue weighted by atomic mass is 79.9. The van der Waals surface area contributed by atoms with Crippen LogP contribution in [0.2, 0.25) is 0 Å². The first-order valence-corrected chi connectivity index (χ1v) is 10.0. The molecule has 0 aliphatic carbocycles. The Morgan fingerprint density at radius 2 is 1.95 bits per heavy atom. The maximum atomic E-state index is 12.5. The SMILES string of the molecule is CC(Cc1cccs1)NS(=O)(=O)c1c(Br)cc(N)cc1Br. The molecule has 2 aromatic rings. The Kier molecular flexibility index (Phi) is 5.48. The Morgan fingerprint density at radius 1 is 1.33 bits per heavy atom. The number of benzene rings is 1. The average Bonchev–Trinajstić information content (AvgIpc) is 2.78. The second kappa shape index (κ2) is 6.78.